The molecule has 0 saturated carbocycles. The van der Waals surface area contributed by atoms with Gasteiger partial charge in [-0.25, -0.2) is 9.98 Å². The standard InChI is InChI=1S/C23H19F3N4O2/c24-23(25,26)18-8-6-15(7-9-18)12-20(31)30-11-10-19-17(14-30)13-27-22(28-19)29-21(32)16-4-2-1-3-5-16/h1-9,14H,10-13H2,(H,27,29,32). The molecule has 0 saturated heterocycles. The number of aliphatic imine (C=N–C) groups is 2. The Morgan fingerprint density at radius 2 is 1.75 bits per heavy atom. The van der Waals surface area contributed by atoms with Gasteiger partial charge in [-0.1, -0.05) is 30.3 Å². The summed E-state index contributed by atoms with van der Waals surface area (Å²) in [5, 5.41) is 2.69. The fourth-order valence-electron chi connectivity index (χ4n) is 3.41. The smallest absolute Gasteiger partial charge is 0.318 e. The van der Waals surface area contributed by atoms with Crippen molar-refractivity contribution in [2.45, 2.75) is 19.0 Å². The third-order valence-corrected chi connectivity index (χ3v) is 5.13. The molecule has 0 fully saturated rings. The summed E-state index contributed by atoms with van der Waals surface area (Å²) in [4.78, 5) is 35.1. The van der Waals surface area contributed by atoms with E-state index in [0.29, 0.717) is 24.1 Å². The molecular formula is C23H19F3N4O2. The van der Waals surface area contributed by atoms with E-state index >= 15 is 0 Å². The zero-order valence-corrected chi connectivity index (χ0v) is 16.9. The van der Waals surface area contributed by atoms with Crippen LogP contribution in [0.4, 0.5) is 13.2 Å². The normalized spacial score (nSPS) is 15.8. The van der Waals surface area contributed by atoms with Crippen molar-refractivity contribution in [2.24, 2.45) is 9.98 Å². The Morgan fingerprint density at radius 3 is 2.44 bits per heavy atom. The van der Waals surface area contributed by atoms with Crippen LogP contribution in [0.5, 0.6) is 0 Å². The molecule has 6 nitrogen and oxygen atoms in total. The van der Waals surface area contributed by atoms with Gasteiger partial charge < -0.3 is 4.90 Å². The number of rotatable bonds is 3. The van der Waals surface area contributed by atoms with Crippen molar-refractivity contribution < 1.29 is 22.8 Å². The van der Waals surface area contributed by atoms with Gasteiger partial charge in [-0.15, -0.1) is 0 Å². The molecular weight excluding hydrogens is 421 g/mol. The van der Waals surface area contributed by atoms with E-state index in [9.17, 15) is 22.8 Å². The molecule has 0 unspecified atom stereocenters. The Hall–Kier alpha value is -3.75. The summed E-state index contributed by atoms with van der Waals surface area (Å²) < 4.78 is 38.1. The first-order valence-electron chi connectivity index (χ1n) is 9.95. The molecule has 2 aliphatic heterocycles. The highest BCUT2D eigenvalue weighted by Crippen LogP contribution is 2.29. The predicted molar refractivity (Wildman–Crippen MR) is 113 cm³/mol. The number of hydrogen-bond donors (Lipinski definition) is 1. The lowest BCUT2D eigenvalue weighted by atomic mass is 10.0. The van der Waals surface area contributed by atoms with E-state index in [4.69, 9.17) is 0 Å². The summed E-state index contributed by atoms with van der Waals surface area (Å²) in [7, 11) is 0. The highest BCUT2D eigenvalue weighted by molar-refractivity contribution is 6.14. The molecule has 4 rings (SSSR count). The maximum Gasteiger partial charge on any atom is 0.416 e. The van der Waals surface area contributed by atoms with Crippen molar-refractivity contribution in [3.63, 3.8) is 0 Å². The van der Waals surface area contributed by atoms with Gasteiger partial charge in [-0.2, -0.15) is 13.2 Å². The number of guanidine groups is 1. The minimum absolute atomic E-state index is 0.00392. The molecule has 0 spiro atoms. The number of hydrogen-bond acceptors (Lipinski definition) is 4. The molecule has 2 heterocycles. The number of nitrogens with one attached hydrogen (secondary N) is 1. The lowest BCUT2D eigenvalue weighted by Gasteiger charge is -2.27. The fraction of sp³-hybridized carbons (Fsp3) is 0.217. The topological polar surface area (TPSA) is 74.1 Å². The van der Waals surface area contributed by atoms with Crippen molar-refractivity contribution >= 4 is 23.5 Å². The van der Waals surface area contributed by atoms with E-state index in [1.807, 2.05) is 6.07 Å². The minimum Gasteiger partial charge on any atom is -0.318 e. The first kappa shape index (κ1) is 21.5. The molecule has 2 aromatic carbocycles. The van der Waals surface area contributed by atoms with Crippen LogP contribution in [-0.2, 0) is 17.4 Å². The first-order valence-corrected chi connectivity index (χ1v) is 9.95. The van der Waals surface area contributed by atoms with Crippen LogP contribution in [0.3, 0.4) is 0 Å². The van der Waals surface area contributed by atoms with E-state index in [-0.39, 0.29) is 30.7 Å². The molecule has 0 atom stereocenters. The van der Waals surface area contributed by atoms with Crippen molar-refractivity contribution in [1.29, 1.82) is 0 Å². The van der Waals surface area contributed by atoms with E-state index < -0.39 is 11.7 Å². The van der Waals surface area contributed by atoms with Crippen molar-refractivity contribution in [3.05, 3.63) is 83.1 Å². The Labute approximate surface area is 182 Å². The number of carbonyl (C=O) groups is 2. The molecule has 2 aliphatic rings. The molecule has 0 aliphatic carbocycles. The number of amides is 2. The van der Waals surface area contributed by atoms with Crippen molar-refractivity contribution in [1.82, 2.24) is 10.2 Å². The van der Waals surface area contributed by atoms with E-state index in [2.05, 4.69) is 15.3 Å². The molecule has 2 amide bonds. The summed E-state index contributed by atoms with van der Waals surface area (Å²) in [5.41, 5.74) is 1.79. The van der Waals surface area contributed by atoms with Crippen LogP contribution in [0.15, 0.2) is 76.4 Å². The Balaban J connectivity index is 1.38. The maximum absolute atomic E-state index is 12.7. The first-order chi connectivity index (χ1) is 15.3. The Morgan fingerprint density at radius 1 is 1.03 bits per heavy atom. The number of halogens is 3. The van der Waals surface area contributed by atoms with Gasteiger partial charge in [0.25, 0.3) is 5.91 Å². The molecule has 0 bridgehead atoms. The van der Waals surface area contributed by atoms with Gasteiger partial charge >= 0.3 is 6.18 Å². The Bertz CT molecular complexity index is 1120. The minimum atomic E-state index is -4.41. The largest absolute Gasteiger partial charge is 0.416 e. The quantitative estimate of drug-likeness (QED) is 0.792. The number of fused-ring (bicyclic) bond motifs is 1. The summed E-state index contributed by atoms with van der Waals surface area (Å²) in [6.45, 7) is 0.662. The van der Waals surface area contributed by atoms with Gasteiger partial charge in [0, 0.05) is 30.3 Å². The molecule has 1 N–H and O–H groups in total. The van der Waals surface area contributed by atoms with Crippen molar-refractivity contribution in [2.75, 3.05) is 13.1 Å². The average molecular weight is 440 g/mol. The van der Waals surface area contributed by atoms with E-state index in [0.717, 1.165) is 23.4 Å². The third-order valence-electron chi connectivity index (χ3n) is 5.13. The van der Waals surface area contributed by atoms with Gasteiger partial charge in [0.05, 0.1) is 24.2 Å². The zero-order chi connectivity index (χ0) is 22.7. The van der Waals surface area contributed by atoms with Crippen LogP contribution in [0.2, 0.25) is 0 Å². The summed E-state index contributed by atoms with van der Waals surface area (Å²) >= 11 is 0. The second-order valence-electron chi connectivity index (χ2n) is 7.38. The van der Waals surface area contributed by atoms with Gasteiger partial charge in [-0.05, 0) is 29.8 Å². The van der Waals surface area contributed by atoms with Crippen LogP contribution in [0, 0.1) is 0 Å². The lowest BCUT2D eigenvalue weighted by molar-refractivity contribution is -0.137. The number of carbonyl (C=O) groups excluding carboxylic acids is 2. The van der Waals surface area contributed by atoms with Crippen LogP contribution >= 0.6 is 0 Å². The maximum atomic E-state index is 12.7. The highest BCUT2D eigenvalue weighted by Gasteiger charge is 2.30. The number of benzene rings is 2. The van der Waals surface area contributed by atoms with Crippen molar-refractivity contribution in [3.8, 4) is 0 Å². The van der Waals surface area contributed by atoms with E-state index in [1.54, 1.807) is 30.5 Å². The van der Waals surface area contributed by atoms with Crippen LogP contribution in [-0.4, -0.2) is 41.5 Å². The molecule has 32 heavy (non-hydrogen) atoms. The molecule has 2 aromatic rings. The summed E-state index contributed by atoms with van der Waals surface area (Å²) in [5.74, 6) is -0.288. The van der Waals surface area contributed by atoms with Gasteiger partial charge in [0.15, 0.2) is 0 Å². The SMILES string of the molecule is O=C(NC1=NCC2=CN(C(=O)Cc3ccc(C(F)(F)F)cc3)CCC2=N1)c1ccccc1. The number of alkyl halides is 3. The van der Waals surface area contributed by atoms with Gasteiger partial charge in [0.2, 0.25) is 11.9 Å². The molecule has 0 aromatic heterocycles. The number of nitrogens with zero attached hydrogens (tertiary/aromatic N) is 3. The molecule has 9 heteroatoms. The van der Waals surface area contributed by atoms with E-state index in [1.165, 1.54) is 17.0 Å². The third kappa shape index (κ3) is 4.93. The Kier molecular flexibility index (Phi) is 5.89. The van der Waals surface area contributed by atoms with Gasteiger partial charge in [-0.3, -0.25) is 14.9 Å². The monoisotopic (exact) mass is 440 g/mol. The highest BCUT2D eigenvalue weighted by atomic mass is 19.4. The van der Waals surface area contributed by atoms with Crippen LogP contribution in [0.25, 0.3) is 0 Å². The zero-order valence-electron chi connectivity index (χ0n) is 16.9. The second kappa shape index (κ2) is 8.78. The lowest BCUT2D eigenvalue weighted by Crippen LogP contribution is -2.38. The molecule has 0 radical (unpaired) electrons. The summed E-state index contributed by atoms with van der Waals surface area (Å²) in [6, 6.07) is 13.3. The molecule has 164 valence electrons. The van der Waals surface area contributed by atoms with Crippen LogP contribution < -0.4 is 5.32 Å². The summed E-state index contributed by atoms with van der Waals surface area (Å²) in [6.07, 6.45) is -2.24. The fourth-order valence-corrected chi connectivity index (χ4v) is 3.41. The second-order valence-corrected chi connectivity index (χ2v) is 7.38. The average Bonchev–Trinajstić information content (AvgIpc) is 2.79. The van der Waals surface area contributed by atoms with Gasteiger partial charge in [0.1, 0.15) is 0 Å². The predicted octanol–water partition coefficient (Wildman–Crippen LogP) is 3.60. The van der Waals surface area contributed by atoms with Crippen LogP contribution in [0.1, 0.15) is 27.9 Å².